The van der Waals surface area contributed by atoms with E-state index < -0.39 is 0 Å². The van der Waals surface area contributed by atoms with E-state index >= 15 is 0 Å². The van der Waals surface area contributed by atoms with Crippen LogP contribution in [0.4, 0.5) is 0 Å². The quantitative estimate of drug-likeness (QED) is 0.765. The molecule has 0 aliphatic rings. The second kappa shape index (κ2) is 5.69. The molecule has 3 rings (SSSR count). The Labute approximate surface area is 136 Å². The van der Waals surface area contributed by atoms with E-state index in [0.717, 1.165) is 17.5 Å². The Kier molecular flexibility index (Phi) is 3.84. The molecule has 23 heavy (non-hydrogen) atoms. The van der Waals surface area contributed by atoms with Crippen LogP contribution in [0.2, 0.25) is 0 Å². The zero-order chi connectivity index (χ0) is 16.6. The third kappa shape index (κ3) is 3.36. The number of phenols is 1. The lowest BCUT2D eigenvalue weighted by Gasteiger charge is -2.23. The molecule has 4 nitrogen and oxygen atoms in total. The summed E-state index contributed by atoms with van der Waals surface area (Å²) < 4.78 is 0. The third-order valence-corrected chi connectivity index (χ3v) is 3.99. The monoisotopic (exact) mass is 309 g/mol. The molecule has 0 bridgehead atoms. The van der Waals surface area contributed by atoms with Crippen molar-refractivity contribution in [2.75, 3.05) is 0 Å². The molecule has 0 fully saturated rings. The van der Waals surface area contributed by atoms with Crippen molar-refractivity contribution in [2.45, 2.75) is 40.0 Å². The molecule has 1 heterocycles. The van der Waals surface area contributed by atoms with Gasteiger partial charge < -0.3 is 5.11 Å². The lowest BCUT2D eigenvalue weighted by atomic mass is 9.82. The maximum Gasteiger partial charge on any atom is 0.143 e. The smallest absolute Gasteiger partial charge is 0.143 e. The van der Waals surface area contributed by atoms with Crippen LogP contribution in [0.1, 0.15) is 45.6 Å². The molecular formula is C19H23N3O. The Hall–Kier alpha value is -2.36. The molecule has 0 spiro atoms. The lowest BCUT2D eigenvalue weighted by molar-refractivity contribution is 0.348. The summed E-state index contributed by atoms with van der Waals surface area (Å²) in [4.78, 5) is 1.52. The van der Waals surface area contributed by atoms with Crippen LogP contribution in [0, 0.1) is 5.41 Å². The number of benzene rings is 2. The molecule has 0 saturated carbocycles. The minimum atomic E-state index is 0.192. The van der Waals surface area contributed by atoms with Gasteiger partial charge in [-0.1, -0.05) is 45.9 Å². The van der Waals surface area contributed by atoms with Gasteiger partial charge >= 0.3 is 0 Å². The Balaban J connectivity index is 2.00. The number of aromatic nitrogens is 3. The molecule has 3 aromatic rings. The number of fused-ring (bicyclic) bond motifs is 1. The van der Waals surface area contributed by atoms with E-state index in [1.54, 1.807) is 6.07 Å². The summed E-state index contributed by atoms with van der Waals surface area (Å²) in [5.74, 6) is 0.594. The van der Waals surface area contributed by atoms with Crippen LogP contribution in [0.15, 0.2) is 42.5 Å². The first-order valence-corrected chi connectivity index (χ1v) is 7.99. The zero-order valence-corrected chi connectivity index (χ0v) is 14.1. The minimum absolute atomic E-state index is 0.192. The molecule has 4 heteroatoms. The van der Waals surface area contributed by atoms with Crippen molar-refractivity contribution in [3.63, 3.8) is 0 Å². The van der Waals surface area contributed by atoms with Gasteiger partial charge in [0, 0.05) is 0 Å². The van der Waals surface area contributed by atoms with Crippen molar-refractivity contribution in [3.8, 4) is 11.4 Å². The fraction of sp³-hybridized carbons (Fsp3) is 0.368. The summed E-state index contributed by atoms with van der Waals surface area (Å²) in [6.45, 7) is 8.94. The van der Waals surface area contributed by atoms with E-state index in [0.29, 0.717) is 11.6 Å². The molecule has 0 aliphatic heterocycles. The molecule has 2 aromatic carbocycles. The number of rotatable bonds is 3. The van der Waals surface area contributed by atoms with Crippen molar-refractivity contribution in [3.05, 3.63) is 48.0 Å². The van der Waals surface area contributed by atoms with Crippen LogP contribution in [0.5, 0.6) is 5.75 Å². The van der Waals surface area contributed by atoms with Gasteiger partial charge in [0.05, 0.1) is 0 Å². The van der Waals surface area contributed by atoms with Crippen molar-refractivity contribution in [1.82, 2.24) is 15.0 Å². The summed E-state index contributed by atoms with van der Waals surface area (Å²) in [5.41, 5.74) is 3.71. The van der Waals surface area contributed by atoms with Crippen LogP contribution < -0.4 is 0 Å². The molecule has 0 saturated heterocycles. The third-order valence-electron chi connectivity index (χ3n) is 3.99. The number of hydrogen-bond donors (Lipinski definition) is 1. The van der Waals surface area contributed by atoms with E-state index in [2.05, 4.69) is 37.9 Å². The van der Waals surface area contributed by atoms with Crippen molar-refractivity contribution in [2.24, 2.45) is 5.41 Å². The first kappa shape index (κ1) is 15.5. The summed E-state index contributed by atoms with van der Waals surface area (Å²) >= 11 is 0. The predicted octanol–water partition coefficient (Wildman–Crippen LogP) is 4.67. The number of phenolic OH excluding ortho intramolecular Hbond substituents is 1. The average molecular weight is 309 g/mol. The number of nitrogens with zero attached hydrogens (tertiary/aromatic N) is 3. The maximum absolute atomic E-state index is 10.2. The normalized spacial score (nSPS) is 13.4. The number of aromatic hydroxyl groups is 1. The van der Waals surface area contributed by atoms with E-state index in [-0.39, 0.29) is 11.2 Å². The van der Waals surface area contributed by atoms with E-state index in [1.807, 2.05) is 36.4 Å². The van der Waals surface area contributed by atoms with Crippen LogP contribution >= 0.6 is 0 Å². The lowest BCUT2D eigenvalue weighted by Crippen LogP contribution is -2.10. The average Bonchev–Trinajstić information content (AvgIpc) is 2.89. The standard InChI is InChI=1S/C19H23N3O/c1-13(12-19(2,3)4)14-9-10-18(23)17(11-14)22-20-15-7-5-6-8-16(15)21-22/h5-11,13,23H,12H2,1-4H3. The van der Waals surface area contributed by atoms with Crippen LogP contribution in [0.3, 0.4) is 0 Å². The largest absolute Gasteiger partial charge is 0.506 e. The topological polar surface area (TPSA) is 50.9 Å². The van der Waals surface area contributed by atoms with E-state index in [4.69, 9.17) is 0 Å². The molecule has 1 N–H and O–H groups in total. The highest BCUT2D eigenvalue weighted by atomic mass is 16.3. The van der Waals surface area contributed by atoms with E-state index in [1.165, 1.54) is 10.4 Å². The van der Waals surface area contributed by atoms with Crippen LogP contribution in [-0.4, -0.2) is 20.1 Å². The summed E-state index contributed by atoms with van der Waals surface area (Å²) in [5, 5.41) is 19.2. The highest BCUT2D eigenvalue weighted by molar-refractivity contribution is 5.73. The van der Waals surface area contributed by atoms with Gasteiger partial charge in [0.1, 0.15) is 22.5 Å². The minimum Gasteiger partial charge on any atom is -0.506 e. The van der Waals surface area contributed by atoms with Gasteiger partial charge in [-0.2, -0.15) is 0 Å². The highest BCUT2D eigenvalue weighted by Crippen LogP contribution is 2.33. The SMILES string of the molecule is CC(CC(C)(C)C)c1ccc(O)c(-n2nc3ccccc3n2)c1. The van der Waals surface area contributed by atoms with Gasteiger partial charge in [0.2, 0.25) is 0 Å². The van der Waals surface area contributed by atoms with Gasteiger partial charge in [-0.3, -0.25) is 0 Å². The Bertz CT molecular complexity index is 797. The molecular weight excluding hydrogens is 286 g/mol. The van der Waals surface area contributed by atoms with Crippen molar-refractivity contribution in [1.29, 1.82) is 0 Å². The molecule has 1 aromatic heterocycles. The Morgan fingerprint density at radius 3 is 2.22 bits per heavy atom. The van der Waals surface area contributed by atoms with Gasteiger partial charge in [0.25, 0.3) is 0 Å². The Morgan fingerprint density at radius 2 is 1.65 bits per heavy atom. The zero-order valence-electron chi connectivity index (χ0n) is 14.1. The van der Waals surface area contributed by atoms with Gasteiger partial charge in [-0.25, -0.2) is 0 Å². The molecule has 0 amide bonds. The molecule has 0 radical (unpaired) electrons. The molecule has 120 valence electrons. The van der Waals surface area contributed by atoms with Gasteiger partial charge in [0.15, 0.2) is 0 Å². The van der Waals surface area contributed by atoms with Crippen molar-refractivity contribution < 1.29 is 5.11 Å². The second-order valence-electron chi connectivity index (χ2n) is 7.39. The summed E-state index contributed by atoms with van der Waals surface area (Å²) in [6, 6.07) is 13.4. The second-order valence-corrected chi connectivity index (χ2v) is 7.39. The summed E-state index contributed by atoms with van der Waals surface area (Å²) in [6.07, 6.45) is 1.08. The predicted molar refractivity (Wildman–Crippen MR) is 93.0 cm³/mol. The molecule has 1 atom stereocenters. The fourth-order valence-corrected chi connectivity index (χ4v) is 3.01. The van der Waals surface area contributed by atoms with Gasteiger partial charge in [-0.15, -0.1) is 15.0 Å². The Morgan fingerprint density at radius 1 is 1.04 bits per heavy atom. The fourth-order valence-electron chi connectivity index (χ4n) is 3.01. The highest BCUT2D eigenvalue weighted by Gasteiger charge is 2.18. The van der Waals surface area contributed by atoms with E-state index in [9.17, 15) is 5.11 Å². The molecule has 0 aliphatic carbocycles. The van der Waals surface area contributed by atoms with Crippen LogP contribution in [0.25, 0.3) is 16.7 Å². The van der Waals surface area contributed by atoms with Crippen LogP contribution in [-0.2, 0) is 0 Å². The maximum atomic E-state index is 10.2. The first-order chi connectivity index (χ1) is 10.8. The van der Waals surface area contributed by atoms with Gasteiger partial charge in [-0.05, 0) is 47.6 Å². The summed E-state index contributed by atoms with van der Waals surface area (Å²) in [7, 11) is 0. The number of hydrogen-bond acceptors (Lipinski definition) is 3. The first-order valence-electron chi connectivity index (χ1n) is 7.99. The van der Waals surface area contributed by atoms with Crippen molar-refractivity contribution >= 4 is 11.0 Å². The molecule has 1 unspecified atom stereocenters.